The van der Waals surface area contributed by atoms with Gasteiger partial charge in [-0.25, -0.2) is 4.98 Å². The van der Waals surface area contributed by atoms with Gasteiger partial charge >= 0.3 is 6.18 Å². The van der Waals surface area contributed by atoms with Gasteiger partial charge in [0.15, 0.2) is 6.61 Å². The summed E-state index contributed by atoms with van der Waals surface area (Å²) in [7, 11) is 0. The van der Waals surface area contributed by atoms with Gasteiger partial charge in [0.2, 0.25) is 5.88 Å². The van der Waals surface area contributed by atoms with Crippen molar-refractivity contribution in [3.05, 3.63) is 18.3 Å². The molecule has 1 fully saturated rings. The second-order valence-electron chi connectivity index (χ2n) is 5.27. The molecule has 1 heterocycles. The maximum absolute atomic E-state index is 12.0. The predicted molar refractivity (Wildman–Crippen MR) is 70.8 cm³/mol. The summed E-state index contributed by atoms with van der Waals surface area (Å²) in [6.45, 7) is 0.815. The molecule has 2 rings (SSSR count). The minimum absolute atomic E-state index is 0.0126. The minimum atomic E-state index is -4.34. The van der Waals surface area contributed by atoms with Crippen molar-refractivity contribution in [2.45, 2.75) is 44.8 Å². The quantitative estimate of drug-likeness (QED) is 0.888. The highest BCUT2D eigenvalue weighted by Crippen LogP contribution is 2.29. The summed E-state index contributed by atoms with van der Waals surface area (Å²) < 4.78 is 40.6. The third-order valence-electron chi connectivity index (χ3n) is 3.62. The van der Waals surface area contributed by atoms with E-state index in [1.165, 1.54) is 37.9 Å². The highest BCUT2D eigenvalue weighted by atomic mass is 19.4. The summed E-state index contributed by atoms with van der Waals surface area (Å²) in [4.78, 5) is 3.88. The molecule has 0 aliphatic heterocycles. The molecule has 1 saturated carbocycles. The first kappa shape index (κ1) is 14.9. The number of anilines is 1. The van der Waals surface area contributed by atoms with Gasteiger partial charge in [-0.1, -0.05) is 12.8 Å². The van der Waals surface area contributed by atoms with E-state index in [0.29, 0.717) is 12.0 Å². The number of alkyl halides is 3. The molecule has 6 heteroatoms. The van der Waals surface area contributed by atoms with Crippen molar-refractivity contribution in [3.63, 3.8) is 0 Å². The molecular formula is C14H19F3N2O. The van der Waals surface area contributed by atoms with Gasteiger partial charge in [-0.15, -0.1) is 0 Å². The van der Waals surface area contributed by atoms with Crippen LogP contribution in [0.3, 0.4) is 0 Å². The van der Waals surface area contributed by atoms with Gasteiger partial charge in [-0.05, 0) is 31.7 Å². The average Bonchev–Trinajstić information content (AvgIpc) is 2.91. The number of pyridine rings is 1. The predicted octanol–water partition coefficient (Wildman–Crippen LogP) is 4.01. The normalized spacial score (nSPS) is 18.0. The third-order valence-corrected chi connectivity index (χ3v) is 3.62. The number of rotatable bonds is 5. The lowest BCUT2D eigenvalue weighted by Gasteiger charge is -2.21. The second kappa shape index (κ2) is 6.33. The first-order valence-electron chi connectivity index (χ1n) is 6.86. The first-order valence-corrected chi connectivity index (χ1v) is 6.86. The summed E-state index contributed by atoms with van der Waals surface area (Å²) in [6.07, 6.45) is 2.19. The van der Waals surface area contributed by atoms with Gasteiger partial charge in [0.1, 0.15) is 0 Å². The van der Waals surface area contributed by atoms with Crippen molar-refractivity contribution in [1.82, 2.24) is 4.98 Å². The number of hydrogen-bond donors (Lipinski definition) is 1. The summed E-state index contributed by atoms with van der Waals surface area (Å²) in [5.74, 6) is 0.651. The fourth-order valence-electron chi connectivity index (χ4n) is 2.54. The molecule has 1 unspecified atom stereocenters. The maximum atomic E-state index is 12.0. The van der Waals surface area contributed by atoms with E-state index in [9.17, 15) is 13.2 Å². The van der Waals surface area contributed by atoms with Crippen LogP contribution in [0, 0.1) is 5.92 Å². The Balaban J connectivity index is 1.84. The number of nitrogens with one attached hydrogen (secondary N) is 1. The molecule has 1 aliphatic rings. The van der Waals surface area contributed by atoms with Crippen LogP contribution in [0.2, 0.25) is 0 Å². The maximum Gasteiger partial charge on any atom is 0.422 e. The van der Waals surface area contributed by atoms with Crippen molar-refractivity contribution in [1.29, 1.82) is 0 Å². The number of ether oxygens (including phenoxy) is 1. The van der Waals surface area contributed by atoms with Crippen LogP contribution < -0.4 is 10.1 Å². The molecule has 1 aromatic heterocycles. The Morgan fingerprint density at radius 2 is 2.05 bits per heavy atom. The largest absolute Gasteiger partial charge is 0.468 e. The lowest BCUT2D eigenvalue weighted by atomic mass is 10.00. The highest BCUT2D eigenvalue weighted by molar-refractivity contribution is 5.43. The Bertz CT molecular complexity index is 413. The van der Waals surface area contributed by atoms with E-state index in [-0.39, 0.29) is 5.88 Å². The molecule has 0 aromatic carbocycles. The molecule has 20 heavy (non-hydrogen) atoms. The van der Waals surface area contributed by atoms with Gasteiger partial charge in [0.05, 0.1) is 11.9 Å². The van der Waals surface area contributed by atoms with Crippen LogP contribution in [-0.2, 0) is 0 Å². The van der Waals surface area contributed by atoms with Crippen molar-refractivity contribution in [2.75, 3.05) is 11.9 Å². The van der Waals surface area contributed by atoms with E-state index in [1.54, 1.807) is 6.07 Å². The Morgan fingerprint density at radius 3 is 2.60 bits per heavy atom. The zero-order valence-corrected chi connectivity index (χ0v) is 11.4. The zero-order valence-electron chi connectivity index (χ0n) is 11.4. The van der Waals surface area contributed by atoms with E-state index >= 15 is 0 Å². The average molecular weight is 288 g/mol. The SMILES string of the molecule is CC(Nc1ccc(OCC(F)(F)F)nc1)C1CCCC1. The van der Waals surface area contributed by atoms with Crippen molar-refractivity contribution < 1.29 is 17.9 Å². The van der Waals surface area contributed by atoms with Gasteiger partial charge in [-0.2, -0.15) is 13.2 Å². The van der Waals surface area contributed by atoms with Crippen molar-refractivity contribution in [3.8, 4) is 5.88 Å². The van der Waals surface area contributed by atoms with Gasteiger partial charge < -0.3 is 10.1 Å². The fourth-order valence-corrected chi connectivity index (χ4v) is 2.54. The number of halogens is 3. The van der Waals surface area contributed by atoms with E-state index in [0.717, 1.165) is 5.69 Å². The summed E-state index contributed by atoms with van der Waals surface area (Å²) in [5.41, 5.74) is 0.809. The molecule has 1 aliphatic carbocycles. The Hall–Kier alpha value is -1.46. The summed E-state index contributed by atoms with van der Waals surface area (Å²) in [5, 5.41) is 3.34. The minimum Gasteiger partial charge on any atom is -0.468 e. The number of nitrogens with zero attached hydrogens (tertiary/aromatic N) is 1. The molecule has 3 nitrogen and oxygen atoms in total. The van der Waals surface area contributed by atoms with E-state index < -0.39 is 12.8 Å². The topological polar surface area (TPSA) is 34.1 Å². The van der Waals surface area contributed by atoms with E-state index in [4.69, 9.17) is 0 Å². The van der Waals surface area contributed by atoms with Crippen LogP contribution in [0.1, 0.15) is 32.6 Å². The van der Waals surface area contributed by atoms with Crippen molar-refractivity contribution >= 4 is 5.69 Å². The molecule has 0 bridgehead atoms. The van der Waals surface area contributed by atoms with Gasteiger partial charge in [0, 0.05) is 12.1 Å². The standard InChI is InChI=1S/C14H19F3N2O/c1-10(11-4-2-3-5-11)19-12-6-7-13(18-8-12)20-9-14(15,16)17/h6-8,10-11,19H,2-5,9H2,1H3. The van der Waals surface area contributed by atoms with Crippen LogP contribution in [0.25, 0.3) is 0 Å². The smallest absolute Gasteiger partial charge is 0.422 e. The van der Waals surface area contributed by atoms with E-state index in [1.807, 2.05) is 0 Å². The van der Waals surface area contributed by atoms with Crippen LogP contribution in [0.15, 0.2) is 18.3 Å². The highest BCUT2D eigenvalue weighted by Gasteiger charge is 2.28. The molecule has 1 atom stereocenters. The summed E-state index contributed by atoms with van der Waals surface area (Å²) in [6, 6.07) is 3.50. The van der Waals surface area contributed by atoms with Crippen LogP contribution in [-0.4, -0.2) is 23.8 Å². The second-order valence-corrected chi connectivity index (χ2v) is 5.27. The molecule has 1 aromatic rings. The monoisotopic (exact) mass is 288 g/mol. The lowest BCUT2D eigenvalue weighted by Crippen LogP contribution is -2.23. The molecule has 0 saturated heterocycles. The summed E-state index contributed by atoms with van der Waals surface area (Å²) >= 11 is 0. The zero-order chi connectivity index (χ0) is 14.6. The third kappa shape index (κ3) is 4.58. The van der Waals surface area contributed by atoms with Gasteiger partial charge in [-0.3, -0.25) is 0 Å². The first-order chi connectivity index (χ1) is 9.44. The number of hydrogen-bond acceptors (Lipinski definition) is 3. The van der Waals surface area contributed by atoms with Crippen LogP contribution in [0.5, 0.6) is 5.88 Å². The fraction of sp³-hybridized carbons (Fsp3) is 0.643. The molecule has 0 amide bonds. The van der Waals surface area contributed by atoms with Crippen LogP contribution in [0.4, 0.5) is 18.9 Å². The Labute approximate surface area is 116 Å². The number of aromatic nitrogens is 1. The van der Waals surface area contributed by atoms with Crippen molar-refractivity contribution in [2.24, 2.45) is 5.92 Å². The van der Waals surface area contributed by atoms with Gasteiger partial charge in [0.25, 0.3) is 0 Å². The molecule has 0 spiro atoms. The molecule has 112 valence electrons. The lowest BCUT2D eigenvalue weighted by molar-refractivity contribution is -0.154. The molecule has 0 radical (unpaired) electrons. The van der Waals surface area contributed by atoms with E-state index in [2.05, 4.69) is 22.0 Å². The molecular weight excluding hydrogens is 269 g/mol. The molecule has 1 N–H and O–H groups in total. The Kier molecular flexibility index (Phi) is 4.73. The van der Waals surface area contributed by atoms with Crippen LogP contribution >= 0.6 is 0 Å². The Morgan fingerprint density at radius 1 is 1.35 bits per heavy atom.